The van der Waals surface area contributed by atoms with E-state index in [1.807, 2.05) is 0 Å². The van der Waals surface area contributed by atoms with E-state index in [0.717, 1.165) is 6.42 Å². The Kier molecular flexibility index (Phi) is 1.51. The van der Waals surface area contributed by atoms with Gasteiger partial charge in [0.15, 0.2) is 0 Å². The van der Waals surface area contributed by atoms with Gasteiger partial charge in [0.05, 0.1) is 5.57 Å². The fourth-order valence-electron chi connectivity index (χ4n) is 3.23. The Labute approximate surface area is 86.9 Å². The molecule has 2 aliphatic carbocycles. The van der Waals surface area contributed by atoms with Crippen LogP contribution in [0.15, 0.2) is 11.6 Å². The van der Waals surface area contributed by atoms with Gasteiger partial charge in [-0.1, -0.05) is 0 Å². The predicted octanol–water partition coefficient (Wildman–Crippen LogP) is 1.11. The molecule has 0 bridgehead atoms. The summed E-state index contributed by atoms with van der Waals surface area (Å²) in [5.41, 5.74) is -2.56. The van der Waals surface area contributed by atoms with Crippen molar-refractivity contribution in [3.63, 3.8) is 0 Å². The normalized spacial score (nSPS) is 52.5. The number of rotatable bonds is 0. The first kappa shape index (κ1) is 9.33. The molecule has 4 unspecified atom stereocenters. The van der Waals surface area contributed by atoms with Gasteiger partial charge in [-0.15, -0.1) is 0 Å². The zero-order valence-electron chi connectivity index (χ0n) is 8.50. The Morgan fingerprint density at radius 3 is 3.07 bits per heavy atom. The summed E-state index contributed by atoms with van der Waals surface area (Å²) in [6, 6.07) is 0. The Bertz CT molecular complexity index is 374. The van der Waals surface area contributed by atoms with Crippen LogP contribution in [0.4, 0.5) is 4.39 Å². The van der Waals surface area contributed by atoms with Crippen molar-refractivity contribution in [2.75, 3.05) is 0 Å². The molecule has 0 spiro atoms. The lowest BCUT2D eigenvalue weighted by atomic mass is 9.72. The lowest BCUT2D eigenvalue weighted by Crippen LogP contribution is -2.47. The van der Waals surface area contributed by atoms with Gasteiger partial charge in [-0.25, -0.2) is 9.18 Å². The van der Waals surface area contributed by atoms with Crippen LogP contribution in [0, 0.1) is 5.92 Å². The summed E-state index contributed by atoms with van der Waals surface area (Å²) in [7, 11) is 0. The minimum Gasteiger partial charge on any atom is -0.455 e. The van der Waals surface area contributed by atoms with Gasteiger partial charge in [-0.2, -0.15) is 0 Å². The van der Waals surface area contributed by atoms with Crippen LogP contribution in [-0.2, 0) is 9.53 Å². The molecule has 82 valence electrons. The van der Waals surface area contributed by atoms with E-state index < -0.39 is 23.3 Å². The van der Waals surface area contributed by atoms with Crippen LogP contribution in [-0.4, -0.2) is 28.4 Å². The molecule has 3 aliphatic rings. The average molecular weight is 212 g/mol. The molecule has 0 aromatic heterocycles. The maximum Gasteiger partial charge on any atom is 0.337 e. The van der Waals surface area contributed by atoms with Gasteiger partial charge in [0.2, 0.25) is 0 Å². The summed E-state index contributed by atoms with van der Waals surface area (Å²) in [5.74, 6) is -0.722. The number of esters is 1. The Morgan fingerprint density at radius 1 is 1.60 bits per heavy atom. The Morgan fingerprint density at radius 2 is 2.33 bits per heavy atom. The lowest BCUT2D eigenvalue weighted by molar-refractivity contribution is -0.140. The quantitative estimate of drug-likeness (QED) is 0.612. The number of allylic oxidation sites excluding steroid dienone is 1. The zero-order chi connectivity index (χ0) is 10.8. The number of ether oxygens (including phenoxy) is 1. The summed E-state index contributed by atoms with van der Waals surface area (Å²) >= 11 is 0. The van der Waals surface area contributed by atoms with Crippen molar-refractivity contribution in [2.24, 2.45) is 5.92 Å². The maximum atomic E-state index is 13.9. The minimum absolute atomic E-state index is 0.145. The van der Waals surface area contributed by atoms with Crippen molar-refractivity contribution in [1.29, 1.82) is 0 Å². The van der Waals surface area contributed by atoms with Crippen LogP contribution in [0.1, 0.15) is 26.2 Å². The van der Waals surface area contributed by atoms with Gasteiger partial charge >= 0.3 is 5.97 Å². The van der Waals surface area contributed by atoms with Crippen molar-refractivity contribution in [2.45, 2.75) is 43.6 Å². The molecular weight excluding hydrogens is 199 g/mol. The highest BCUT2D eigenvalue weighted by Crippen LogP contribution is 2.54. The van der Waals surface area contributed by atoms with Crippen molar-refractivity contribution in [1.82, 2.24) is 0 Å². The summed E-state index contributed by atoms with van der Waals surface area (Å²) in [6.07, 6.45) is 2.44. The zero-order valence-corrected chi connectivity index (χ0v) is 8.50. The van der Waals surface area contributed by atoms with Crippen molar-refractivity contribution in [3.05, 3.63) is 11.6 Å². The summed E-state index contributed by atoms with van der Waals surface area (Å²) in [4.78, 5) is 11.5. The fourth-order valence-corrected chi connectivity index (χ4v) is 3.23. The van der Waals surface area contributed by atoms with E-state index in [1.165, 1.54) is 13.0 Å². The van der Waals surface area contributed by atoms with Crippen LogP contribution >= 0.6 is 0 Å². The summed E-state index contributed by atoms with van der Waals surface area (Å²) in [5, 5.41) is 10.4. The second-order valence-electron chi connectivity index (χ2n) is 5.03. The van der Waals surface area contributed by atoms with Gasteiger partial charge < -0.3 is 9.84 Å². The molecule has 1 saturated heterocycles. The molecule has 2 fully saturated rings. The molecular formula is C11H13FO3. The molecule has 3 rings (SSSR count). The van der Waals surface area contributed by atoms with Crippen molar-refractivity contribution in [3.8, 4) is 0 Å². The molecule has 4 heteroatoms. The molecule has 0 aromatic carbocycles. The summed E-state index contributed by atoms with van der Waals surface area (Å²) in [6.45, 7) is 1.44. The number of aliphatic hydroxyl groups is 1. The number of hydrogen-bond donors (Lipinski definition) is 1. The van der Waals surface area contributed by atoms with Crippen molar-refractivity contribution >= 4 is 5.97 Å². The molecule has 1 N–H and O–H groups in total. The molecule has 3 nitrogen and oxygen atoms in total. The molecule has 1 saturated carbocycles. The highest BCUT2D eigenvalue weighted by Gasteiger charge is 2.63. The third-order valence-corrected chi connectivity index (χ3v) is 3.88. The molecule has 1 heterocycles. The maximum absolute atomic E-state index is 13.9. The standard InChI is InChI=1S/C11H13FO3/c1-10(12)4-6-2-3-8-11(6,14)7(5-10)9(13)15-8/h5-6,8,14H,2-4H2,1H3. The van der Waals surface area contributed by atoms with Crippen molar-refractivity contribution < 1.29 is 19.0 Å². The molecule has 15 heavy (non-hydrogen) atoms. The highest BCUT2D eigenvalue weighted by atomic mass is 19.1. The van der Waals surface area contributed by atoms with Crippen LogP contribution in [0.3, 0.4) is 0 Å². The van der Waals surface area contributed by atoms with Crippen LogP contribution in [0.5, 0.6) is 0 Å². The Balaban J connectivity index is 2.16. The van der Waals surface area contributed by atoms with E-state index in [4.69, 9.17) is 4.74 Å². The fraction of sp³-hybridized carbons (Fsp3) is 0.727. The first-order valence-electron chi connectivity index (χ1n) is 5.29. The average Bonchev–Trinajstić information content (AvgIpc) is 2.54. The lowest BCUT2D eigenvalue weighted by Gasteiger charge is -2.36. The van der Waals surface area contributed by atoms with E-state index in [1.54, 1.807) is 0 Å². The minimum atomic E-state index is -1.50. The smallest absolute Gasteiger partial charge is 0.337 e. The largest absolute Gasteiger partial charge is 0.455 e. The van der Waals surface area contributed by atoms with Gasteiger partial charge in [0.25, 0.3) is 0 Å². The predicted molar refractivity (Wildman–Crippen MR) is 49.8 cm³/mol. The first-order chi connectivity index (χ1) is 6.93. The molecule has 0 aromatic rings. The van der Waals surface area contributed by atoms with Gasteiger partial charge in [0, 0.05) is 0 Å². The van der Waals surface area contributed by atoms with Gasteiger partial charge in [-0.3, -0.25) is 0 Å². The van der Waals surface area contributed by atoms with Gasteiger partial charge in [-0.05, 0) is 38.2 Å². The second kappa shape index (κ2) is 2.43. The monoisotopic (exact) mass is 212 g/mol. The van der Waals surface area contributed by atoms with E-state index in [9.17, 15) is 14.3 Å². The SMILES string of the molecule is CC1(F)C=C2C(=O)OC3CCC(C1)C23O. The topological polar surface area (TPSA) is 46.5 Å². The second-order valence-corrected chi connectivity index (χ2v) is 5.03. The molecule has 1 aliphatic heterocycles. The van der Waals surface area contributed by atoms with E-state index in [0.29, 0.717) is 6.42 Å². The molecule has 4 atom stereocenters. The third kappa shape index (κ3) is 1.00. The van der Waals surface area contributed by atoms with E-state index >= 15 is 0 Å². The summed E-state index contributed by atoms with van der Waals surface area (Å²) < 4.78 is 19.0. The first-order valence-corrected chi connectivity index (χ1v) is 5.29. The number of halogens is 1. The van der Waals surface area contributed by atoms with E-state index in [-0.39, 0.29) is 17.9 Å². The van der Waals surface area contributed by atoms with Crippen LogP contribution in [0.2, 0.25) is 0 Å². The number of alkyl halides is 1. The number of carbonyl (C=O) groups is 1. The number of hydrogen-bond acceptors (Lipinski definition) is 3. The highest BCUT2D eigenvalue weighted by molar-refractivity contribution is 5.94. The van der Waals surface area contributed by atoms with E-state index in [2.05, 4.69) is 0 Å². The molecule has 0 amide bonds. The molecule has 0 radical (unpaired) electrons. The van der Waals surface area contributed by atoms with Crippen LogP contribution in [0.25, 0.3) is 0 Å². The Hall–Kier alpha value is -0.900. The number of carbonyl (C=O) groups excluding carboxylic acids is 1. The third-order valence-electron chi connectivity index (χ3n) is 3.88. The van der Waals surface area contributed by atoms with Gasteiger partial charge in [0.1, 0.15) is 17.4 Å². The van der Waals surface area contributed by atoms with Crippen LogP contribution < -0.4 is 0 Å².